The highest BCUT2D eigenvalue weighted by molar-refractivity contribution is 5.88. The van der Waals surface area contributed by atoms with Crippen molar-refractivity contribution in [1.29, 1.82) is 0 Å². The molecule has 0 aliphatic carbocycles. The molecule has 19 heteroatoms. The number of azide groups is 1. The van der Waals surface area contributed by atoms with Crippen LogP contribution in [0.4, 0.5) is 0 Å². The molecule has 0 saturated carbocycles. The van der Waals surface area contributed by atoms with Crippen LogP contribution < -0.4 is 28.8 Å². The van der Waals surface area contributed by atoms with E-state index in [9.17, 15) is 28.8 Å². The zero-order valence-electron chi connectivity index (χ0n) is 29.6. The summed E-state index contributed by atoms with van der Waals surface area (Å²) in [7, 11) is 0. The van der Waals surface area contributed by atoms with Gasteiger partial charge in [0.2, 0.25) is 11.8 Å². The van der Waals surface area contributed by atoms with Gasteiger partial charge in [0, 0.05) is 25.3 Å². The number of nitrogens with two attached hydrogens (primary N) is 1. The molecule has 8 aromatic rings. The minimum atomic E-state index is -0.714. The summed E-state index contributed by atoms with van der Waals surface area (Å²) in [5.41, 5.74) is 21.7. The predicted octanol–water partition coefficient (Wildman–Crippen LogP) is 6.06. The van der Waals surface area contributed by atoms with Crippen molar-refractivity contribution in [2.75, 3.05) is 0 Å². The van der Waals surface area contributed by atoms with Crippen molar-refractivity contribution in [2.24, 2.45) is 10.8 Å². The molecule has 0 bridgehead atoms. The fourth-order valence-electron chi connectivity index (χ4n) is 5.19. The fraction of sp³-hybridized carbons (Fsp3) is 0.167. The fourth-order valence-corrected chi connectivity index (χ4v) is 5.19. The topological polar surface area (TPSA) is 271 Å². The molecule has 0 amide bonds. The Labute approximate surface area is 313 Å². The Hall–Kier alpha value is -7.14. The van der Waals surface area contributed by atoms with Gasteiger partial charge in [0.1, 0.15) is 0 Å². The average Bonchev–Trinajstić information content (AvgIpc) is 3.87. The van der Waals surface area contributed by atoms with E-state index in [4.69, 9.17) is 28.9 Å². The van der Waals surface area contributed by atoms with Gasteiger partial charge in [-0.15, -0.1) is 12.4 Å². The number of aryl methyl sites for hydroxylation is 2. The lowest BCUT2D eigenvalue weighted by Crippen LogP contribution is -2.19. The molecule has 18 nitrogen and oxygen atoms in total. The van der Waals surface area contributed by atoms with E-state index >= 15 is 0 Å². The van der Waals surface area contributed by atoms with Crippen LogP contribution in [0.1, 0.15) is 45.7 Å². The monoisotopic (exact) mass is 772 g/mol. The van der Waals surface area contributed by atoms with Crippen LogP contribution in [-0.2, 0) is 13.1 Å². The van der Waals surface area contributed by atoms with Gasteiger partial charge in [0.05, 0.1) is 28.6 Å². The quantitative estimate of drug-likeness (QED) is 0.105. The molecule has 284 valence electrons. The van der Waals surface area contributed by atoms with E-state index in [1.807, 2.05) is 38.1 Å². The number of hydrogen-bond acceptors (Lipinski definition) is 12. The molecule has 4 heterocycles. The lowest BCUT2D eigenvalue weighted by Gasteiger charge is -1.97. The lowest BCUT2D eigenvalue weighted by atomic mass is 10.2. The third-order valence-electron chi connectivity index (χ3n) is 7.62. The van der Waals surface area contributed by atoms with E-state index in [1.165, 1.54) is 13.8 Å². The number of rotatable bonds is 3. The summed E-state index contributed by atoms with van der Waals surface area (Å²) in [4.78, 5) is 74.3. The van der Waals surface area contributed by atoms with Crippen LogP contribution in [0.25, 0.3) is 54.8 Å². The predicted molar refractivity (Wildman–Crippen MR) is 205 cm³/mol. The number of fused-ring (bicyclic) bond motifs is 4. The van der Waals surface area contributed by atoms with E-state index in [2.05, 4.69) is 20.0 Å². The van der Waals surface area contributed by atoms with Gasteiger partial charge in [-0.3, -0.25) is 19.6 Å². The number of H-pyrrole nitrogens is 2. The van der Waals surface area contributed by atoms with Crippen LogP contribution in [0, 0.1) is 13.8 Å². The highest BCUT2D eigenvalue weighted by Gasteiger charge is 2.13. The summed E-state index contributed by atoms with van der Waals surface area (Å²) < 4.78 is 21.4. The number of carbonyl (C=O) groups is 2. The van der Waals surface area contributed by atoms with Crippen molar-refractivity contribution in [3.8, 4) is 0 Å². The Kier molecular flexibility index (Phi) is 13.0. The third kappa shape index (κ3) is 9.65. The Bertz CT molecular complexity index is 2950. The van der Waals surface area contributed by atoms with Gasteiger partial charge >= 0.3 is 23.0 Å². The molecule has 4 aromatic carbocycles. The number of benzene rings is 4. The summed E-state index contributed by atoms with van der Waals surface area (Å²) >= 11 is 0. The molecule has 8 rings (SSSR count). The van der Waals surface area contributed by atoms with Crippen molar-refractivity contribution in [1.82, 2.24) is 19.1 Å². The second-order valence-corrected chi connectivity index (χ2v) is 11.7. The van der Waals surface area contributed by atoms with Crippen LogP contribution in [0.15, 0.2) is 115 Å². The van der Waals surface area contributed by atoms with Crippen LogP contribution in [-0.4, -0.2) is 30.9 Å². The molecule has 4 N–H and O–H groups in total. The Morgan fingerprint density at radius 1 is 0.673 bits per heavy atom. The van der Waals surface area contributed by atoms with Crippen molar-refractivity contribution in [3.05, 3.63) is 148 Å². The van der Waals surface area contributed by atoms with Gasteiger partial charge in [-0.2, -0.15) is 0 Å². The third-order valence-corrected chi connectivity index (χ3v) is 7.62. The first-order chi connectivity index (χ1) is 25.8. The molecule has 0 unspecified atom stereocenters. The van der Waals surface area contributed by atoms with E-state index in [0.29, 0.717) is 51.0 Å². The van der Waals surface area contributed by atoms with Gasteiger partial charge in [0.25, 0.3) is 0 Å². The number of hydrogen-bond donors (Lipinski definition) is 3. The molecule has 0 aliphatic heterocycles. The maximum absolute atomic E-state index is 11.4. The highest BCUT2D eigenvalue weighted by Crippen LogP contribution is 2.17. The molecule has 0 radical (unpaired) electrons. The Morgan fingerprint density at radius 2 is 1.13 bits per heavy atom. The van der Waals surface area contributed by atoms with Gasteiger partial charge in [-0.25, -0.2) is 28.3 Å². The van der Waals surface area contributed by atoms with Crippen LogP contribution in [0.3, 0.4) is 0 Å². The summed E-state index contributed by atoms with van der Waals surface area (Å²) in [5, 5.41) is 3.41. The summed E-state index contributed by atoms with van der Waals surface area (Å²) in [6.07, 6.45) is 0. The van der Waals surface area contributed by atoms with E-state index in [1.54, 1.807) is 48.5 Å². The number of nitrogens with one attached hydrogen (secondary N) is 2. The van der Waals surface area contributed by atoms with Crippen molar-refractivity contribution >= 4 is 68.6 Å². The molecule has 55 heavy (non-hydrogen) atoms. The van der Waals surface area contributed by atoms with E-state index < -0.39 is 28.9 Å². The molecule has 0 aliphatic rings. The second kappa shape index (κ2) is 17.6. The lowest BCUT2D eigenvalue weighted by molar-refractivity contribution is 0.0924. The molecular formula is C36H33ClN8O10. The minimum absolute atomic E-state index is 0. The van der Waals surface area contributed by atoms with Crippen LogP contribution >= 0.6 is 12.4 Å². The van der Waals surface area contributed by atoms with Crippen molar-refractivity contribution in [2.45, 2.75) is 40.8 Å². The maximum Gasteiger partial charge on any atom is 0.426 e. The van der Waals surface area contributed by atoms with E-state index in [-0.39, 0.29) is 24.9 Å². The first-order valence-electron chi connectivity index (χ1n) is 16.0. The maximum atomic E-state index is 11.4. The van der Waals surface area contributed by atoms with E-state index in [0.717, 1.165) is 31.3 Å². The number of nitrogens with zero attached hydrogens (tertiary/aromatic N) is 5. The van der Waals surface area contributed by atoms with Crippen LogP contribution in [0.5, 0.6) is 0 Å². The number of carbonyl (C=O) groups excluding carboxylic acids is 2. The Balaban J connectivity index is 0.000000164. The highest BCUT2D eigenvalue weighted by atomic mass is 35.5. The van der Waals surface area contributed by atoms with Gasteiger partial charge in [-0.05, 0) is 90.2 Å². The second-order valence-electron chi connectivity index (χ2n) is 11.7. The zero-order valence-corrected chi connectivity index (χ0v) is 30.5. The Morgan fingerprint density at radius 3 is 1.65 bits per heavy atom. The van der Waals surface area contributed by atoms with Crippen molar-refractivity contribution in [3.63, 3.8) is 0 Å². The molecule has 4 aromatic heterocycles. The molecular weight excluding hydrogens is 740 g/mol. The number of aromatic nitrogens is 4. The molecule has 0 atom stereocenters. The average molecular weight is 773 g/mol. The molecule has 0 spiro atoms. The van der Waals surface area contributed by atoms with Gasteiger partial charge in [-0.1, -0.05) is 29.4 Å². The number of oxazole rings is 4. The van der Waals surface area contributed by atoms with Gasteiger partial charge < -0.3 is 23.4 Å². The van der Waals surface area contributed by atoms with Gasteiger partial charge in [0.15, 0.2) is 22.3 Å². The normalized spacial score (nSPS) is 10.3. The van der Waals surface area contributed by atoms with Crippen molar-refractivity contribution < 1.29 is 27.3 Å². The zero-order chi connectivity index (χ0) is 39.1. The smallest absolute Gasteiger partial charge is 0.408 e. The number of halogens is 1. The SMILES string of the molecule is CC(=O)n1c(=O)oc2ccc(C)cc21.CC(=O)n1c(=O)oc2ccc(CN=[N+]=[N-])cc21.Cc1ccc2oc(=O)[nH]c2c1.Cl.NCc1ccc2oc(=O)[nH]c2c1. The minimum Gasteiger partial charge on any atom is -0.408 e. The number of aromatic amines is 2. The van der Waals surface area contributed by atoms with Crippen LogP contribution in [0.2, 0.25) is 0 Å². The molecule has 0 fully saturated rings. The first-order valence-corrected chi connectivity index (χ1v) is 16.0. The largest absolute Gasteiger partial charge is 0.426 e. The summed E-state index contributed by atoms with van der Waals surface area (Å²) in [6, 6.07) is 21.0. The summed E-state index contributed by atoms with van der Waals surface area (Å²) in [5.74, 6) is -2.93. The first kappa shape index (κ1) is 40.6. The summed E-state index contributed by atoms with van der Waals surface area (Å²) in [6.45, 7) is 7.08. The standard InChI is InChI=1S/C10H8N4O3.C10H9NO3.C8H8N2O2.C8H7NO2.ClH/c1-6(15)14-8-4-7(5-12-13-11)2-3-9(8)17-10(14)16;1-6-3-4-9-8(5-6)11(7(2)12)10(13)14-9;9-4-5-1-2-7-6(3-5)10-8(11)12-7;1-5-2-3-7-6(4-5)9-8(10)11-7;/h2-4H,5H2,1H3;3-5H,1-2H3;1-3H,4,9H2,(H,10,11);2-4H,1H3,(H,9,10);1H. The molecule has 0 saturated heterocycles.